The van der Waals surface area contributed by atoms with Gasteiger partial charge in [-0.3, -0.25) is 10.1 Å². The molecular weight excluding hydrogens is 469 g/mol. The SMILES string of the molecule is CC(Oc1ccccc1F)C(=O)Nc1nc(-c2ccc(S(=O)(=O)N3CCOCC3)cc2)cs1. The number of hydrogen-bond acceptors (Lipinski definition) is 7. The number of carbonyl (C=O) groups excluding carboxylic acids is 1. The van der Waals surface area contributed by atoms with E-state index >= 15 is 0 Å². The number of halogens is 1. The number of benzene rings is 2. The van der Waals surface area contributed by atoms with Gasteiger partial charge in [0.05, 0.1) is 23.8 Å². The normalized spacial score (nSPS) is 15.7. The molecule has 1 atom stereocenters. The van der Waals surface area contributed by atoms with E-state index in [1.54, 1.807) is 35.7 Å². The third-order valence-corrected chi connectivity index (χ3v) is 7.67. The Bertz CT molecular complexity index is 1220. The van der Waals surface area contributed by atoms with Gasteiger partial charge < -0.3 is 9.47 Å². The standard InChI is InChI=1S/C22H22FN3O5S2/c1-15(31-20-5-3-2-4-18(20)23)21(27)25-22-24-19(14-32-22)16-6-8-17(9-7-16)33(28,29)26-10-12-30-13-11-26/h2-9,14-15H,10-13H2,1H3,(H,24,25,27). The highest BCUT2D eigenvalue weighted by Crippen LogP contribution is 2.27. The number of rotatable bonds is 7. The van der Waals surface area contributed by atoms with Crippen LogP contribution in [0.15, 0.2) is 58.8 Å². The number of para-hydroxylation sites is 1. The Kier molecular flexibility index (Phi) is 7.03. The zero-order chi connectivity index (χ0) is 23.4. The first-order valence-electron chi connectivity index (χ1n) is 10.2. The summed E-state index contributed by atoms with van der Waals surface area (Å²) in [5.41, 5.74) is 1.30. The summed E-state index contributed by atoms with van der Waals surface area (Å²) in [6, 6.07) is 12.3. The molecule has 174 valence electrons. The van der Waals surface area contributed by atoms with Gasteiger partial charge in [-0.1, -0.05) is 24.3 Å². The fraction of sp³-hybridized carbons (Fsp3) is 0.273. The molecule has 0 bridgehead atoms. The van der Waals surface area contributed by atoms with Gasteiger partial charge in [0.1, 0.15) is 0 Å². The van der Waals surface area contributed by atoms with Crippen molar-refractivity contribution >= 4 is 32.4 Å². The number of hydrogen-bond donors (Lipinski definition) is 1. The number of carbonyl (C=O) groups is 1. The van der Waals surface area contributed by atoms with Gasteiger partial charge in [-0.05, 0) is 31.2 Å². The van der Waals surface area contributed by atoms with Crippen molar-refractivity contribution in [3.8, 4) is 17.0 Å². The monoisotopic (exact) mass is 491 g/mol. The predicted octanol–water partition coefficient (Wildman–Crippen LogP) is 3.38. The molecule has 8 nitrogen and oxygen atoms in total. The Balaban J connectivity index is 1.40. The molecule has 1 aromatic heterocycles. The van der Waals surface area contributed by atoms with Gasteiger partial charge in [0.25, 0.3) is 5.91 Å². The Labute approximate surface area is 195 Å². The third-order valence-electron chi connectivity index (χ3n) is 5.00. The van der Waals surface area contributed by atoms with Crippen molar-refractivity contribution in [1.82, 2.24) is 9.29 Å². The molecule has 0 aliphatic carbocycles. The second-order valence-electron chi connectivity index (χ2n) is 7.26. The van der Waals surface area contributed by atoms with Gasteiger partial charge in [0.2, 0.25) is 10.0 Å². The summed E-state index contributed by atoms with van der Waals surface area (Å²) in [6.07, 6.45) is -0.932. The van der Waals surface area contributed by atoms with E-state index in [0.717, 1.165) is 0 Å². The number of thiazole rings is 1. The largest absolute Gasteiger partial charge is 0.478 e. The molecular formula is C22H22FN3O5S2. The fourth-order valence-electron chi connectivity index (χ4n) is 3.19. The first kappa shape index (κ1) is 23.3. The number of sulfonamides is 1. The topological polar surface area (TPSA) is 97.8 Å². The minimum atomic E-state index is -3.57. The van der Waals surface area contributed by atoms with Crippen molar-refractivity contribution in [2.24, 2.45) is 0 Å². The number of aromatic nitrogens is 1. The van der Waals surface area contributed by atoms with Crippen LogP contribution < -0.4 is 10.1 Å². The third kappa shape index (κ3) is 5.38. The molecule has 1 aliphatic heterocycles. The maximum absolute atomic E-state index is 13.7. The summed E-state index contributed by atoms with van der Waals surface area (Å²) in [5.74, 6) is -1.02. The average molecular weight is 492 g/mol. The van der Waals surface area contributed by atoms with E-state index in [1.165, 1.54) is 40.8 Å². The van der Waals surface area contributed by atoms with Crippen molar-refractivity contribution < 1.29 is 27.1 Å². The van der Waals surface area contributed by atoms with Crippen LogP contribution in [0.25, 0.3) is 11.3 Å². The summed E-state index contributed by atoms with van der Waals surface area (Å²) < 4.78 is 51.2. The molecule has 1 unspecified atom stereocenters. The van der Waals surface area contributed by atoms with Crippen LogP contribution in [0.2, 0.25) is 0 Å². The molecule has 1 fully saturated rings. The zero-order valence-corrected chi connectivity index (χ0v) is 19.4. The first-order chi connectivity index (χ1) is 15.8. The minimum Gasteiger partial charge on any atom is -0.478 e. The van der Waals surface area contributed by atoms with Crippen LogP contribution >= 0.6 is 11.3 Å². The average Bonchev–Trinajstić information content (AvgIpc) is 3.29. The van der Waals surface area contributed by atoms with Crippen LogP contribution in [0.4, 0.5) is 9.52 Å². The Hall–Kier alpha value is -2.86. The van der Waals surface area contributed by atoms with Gasteiger partial charge in [-0.25, -0.2) is 17.8 Å². The highest BCUT2D eigenvalue weighted by molar-refractivity contribution is 7.89. The molecule has 4 rings (SSSR count). The van der Waals surface area contributed by atoms with E-state index in [0.29, 0.717) is 42.7 Å². The maximum Gasteiger partial charge on any atom is 0.266 e. The number of nitrogens with zero attached hydrogens (tertiary/aromatic N) is 2. The van der Waals surface area contributed by atoms with Crippen LogP contribution in [-0.2, 0) is 19.6 Å². The van der Waals surface area contributed by atoms with Gasteiger partial charge >= 0.3 is 0 Å². The number of amides is 1. The number of anilines is 1. The molecule has 1 aliphatic rings. The first-order valence-corrected chi connectivity index (χ1v) is 12.5. The van der Waals surface area contributed by atoms with E-state index in [2.05, 4.69) is 10.3 Å². The van der Waals surface area contributed by atoms with Crippen molar-refractivity contribution in [2.75, 3.05) is 31.6 Å². The molecule has 11 heteroatoms. The van der Waals surface area contributed by atoms with E-state index in [9.17, 15) is 17.6 Å². The van der Waals surface area contributed by atoms with Gasteiger partial charge in [0, 0.05) is 24.0 Å². The molecule has 0 spiro atoms. The van der Waals surface area contributed by atoms with Gasteiger partial charge in [0.15, 0.2) is 22.8 Å². The van der Waals surface area contributed by atoms with Crippen LogP contribution in [0.5, 0.6) is 5.75 Å². The fourth-order valence-corrected chi connectivity index (χ4v) is 5.32. The lowest BCUT2D eigenvalue weighted by atomic mass is 10.2. The summed E-state index contributed by atoms with van der Waals surface area (Å²) in [7, 11) is -3.57. The van der Waals surface area contributed by atoms with E-state index < -0.39 is 27.9 Å². The lowest BCUT2D eigenvalue weighted by Crippen LogP contribution is -2.40. The predicted molar refractivity (Wildman–Crippen MR) is 122 cm³/mol. The van der Waals surface area contributed by atoms with E-state index in [1.807, 2.05) is 0 Å². The summed E-state index contributed by atoms with van der Waals surface area (Å²) >= 11 is 1.22. The van der Waals surface area contributed by atoms with Crippen LogP contribution in [-0.4, -0.2) is 56.0 Å². The Morgan fingerprint density at radius 2 is 1.88 bits per heavy atom. The quantitative estimate of drug-likeness (QED) is 0.544. The zero-order valence-electron chi connectivity index (χ0n) is 17.7. The van der Waals surface area contributed by atoms with Crippen molar-refractivity contribution in [1.29, 1.82) is 0 Å². The second kappa shape index (κ2) is 9.96. The number of nitrogens with one attached hydrogen (secondary N) is 1. The van der Waals surface area contributed by atoms with E-state index in [-0.39, 0.29) is 10.6 Å². The van der Waals surface area contributed by atoms with Crippen molar-refractivity contribution in [2.45, 2.75) is 17.9 Å². The second-order valence-corrected chi connectivity index (χ2v) is 10.1. The molecule has 0 radical (unpaired) electrons. The molecule has 33 heavy (non-hydrogen) atoms. The Morgan fingerprint density at radius 1 is 1.18 bits per heavy atom. The van der Waals surface area contributed by atoms with E-state index in [4.69, 9.17) is 9.47 Å². The number of morpholine rings is 1. The summed E-state index contributed by atoms with van der Waals surface area (Å²) in [4.78, 5) is 17.0. The van der Waals surface area contributed by atoms with Crippen molar-refractivity contribution in [3.63, 3.8) is 0 Å². The van der Waals surface area contributed by atoms with Gasteiger partial charge in [-0.15, -0.1) is 11.3 Å². The van der Waals surface area contributed by atoms with Crippen LogP contribution in [0, 0.1) is 5.82 Å². The van der Waals surface area contributed by atoms with Crippen molar-refractivity contribution in [3.05, 3.63) is 59.7 Å². The lowest BCUT2D eigenvalue weighted by molar-refractivity contribution is -0.122. The van der Waals surface area contributed by atoms with Crippen LogP contribution in [0.3, 0.4) is 0 Å². The molecule has 1 amide bonds. The molecule has 1 N–H and O–H groups in total. The van der Waals surface area contributed by atoms with Crippen LogP contribution in [0.1, 0.15) is 6.92 Å². The summed E-state index contributed by atoms with van der Waals surface area (Å²) in [5, 5.41) is 4.76. The minimum absolute atomic E-state index is 0.00732. The molecule has 2 aromatic carbocycles. The molecule has 2 heterocycles. The highest BCUT2D eigenvalue weighted by Gasteiger charge is 2.26. The lowest BCUT2D eigenvalue weighted by Gasteiger charge is -2.26. The molecule has 0 saturated carbocycles. The molecule has 3 aromatic rings. The smallest absolute Gasteiger partial charge is 0.266 e. The number of ether oxygens (including phenoxy) is 2. The highest BCUT2D eigenvalue weighted by atomic mass is 32.2. The Morgan fingerprint density at radius 3 is 2.58 bits per heavy atom. The van der Waals surface area contributed by atoms with Gasteiger partial charge in [-0.2, -0.15) is 4.31 Å². The summed E-state index contributed by atoms with van der Waals surface area (Å²) in [6.45, 7) is 2.95. The maximum atomic E-state index is 13.7. The molecule has 1 saturated heterocycles.